The summed E-state index contributed by atoms with van der Waals surface area (Å²) in [6.45, 7) is 2.30. The van der Waals surface area contributed by atoms with Gasteiger partial charge in [0.05, 0.1) is 0 Å². The molecule has 1 aliphatic rings. The normalized spacial score (nSPS) is 16.5. The third kappa shape index (κ3) is 3.97. The SMILES string of the molecule is O=S(=O)(NCc1ccccc1N1CCC(CO)CC1)c1cccs1. The fourth-order valence-electron chi connectivity index (χ4n) is 2.99. The molecule has 0 unspecified atom stereocenters. The molecule has 0 spiro atoms. The molecule has 0 radical (unpaired) electrons. The summed E-state index contributed by atoms with van der Waals surface area (Å²) < 4.78 is 27.6. The van der Waals surface area contributed by atoms with Crippen LogP contribution in [0.25, 0.3) is 0 Å². The molecule has 0 saturated carbocycles. The molecule has 7 heteroatoms. The van der Waals surface area contributed by atoms with Crippen LogP contribution in [0.5, 0.6) is 0 Å². The van der Waals surface area contributed by atoms with Crippen molar-refractivity contribution in [2.24, 2.45) is 5.92 Å². The molecule has 3 rings (SSSR count). The van der Waals surface area contributed by atoms with Crippen molar-refractivity contribution in [1.29, 1.82) is 0 Å². The number of sulfonamides is 1. The Balaban J connectivity index is 1.71. The standard InChI is InChI=1S/C17H22N2O3S2/c20-13-14-7-9-19(10-8-14)16-5-2-1-4-15(16)12-18-24(21,22)17-6-3-11-23-17/h1-6,11,14,18,20H,7-10,12-13H2. The Hall–Kier alpha value is -1.41. The van der Waals surface area contributed by atoms with Gasteiger partial charge in [-0.05, 0) is 41.8 Å². The van der Waals surface area contributed by atoms with Crippen LogP contribution in [0.4, 0.5) is 5.69 Å². The van der Waals surface area contributed by atoms with E-state index in [0.29, 0.717) is 10.1 Å². The number of aliphatic hydroxyl groups is 1. The van der Waals surface area contributed by atoms with Gasteiger partial charge in [0, 0.05) is 31.9 Å². The monoisotopic (exact) mass is 366 g/mol. The molecule has 1 aromatic heterocycles. The van der Waals surface area contributed by atoms with Gasteiger partial charge in [-0.25, -0.2) is 13.1 Å². The zero-order valence-electron chi connectivity index (χ0n) is 13.4. The summed E-state index contributed by atoms with van der Waals surface area (Å²) in [5.74, 6) is 0.380. The maximum Gasteiger partial charge on any atom is 0.250 e. The second kappa shape index (κ2) is 7.65. The van der Waals surface area contributed by atoms with Crippen molar-refractivity contribution in [3.63, 3.8) is 0 Å². The second-order valence-corrected chi connectivity index (χ2v) is 8.94. The number of nitrogens with one attached hydrogen (secondary N) is 1. The number of benzene rings is 1. The minimum Gasteiger partial charge on any atom is -0.396 e. The highest BCUT2D eigenvalue weighted by atomic mass is 32.2. The van der Waals surface area contributed by atoms with E-state index < -0.39 is 10.0 Å². The van der Waals surface area contributed by atoms with Gasteiger partial charge >= 0.3 is 0 Å². The van der Waals surface area contributed by atoms with Gasteiger partial charge in [-0.15, -0.1) is 11.3 Å². The minimum atomic E-state index is -3.46. The minimum absolute atomic E-state index is 0.246. The highest BCUT2D eigenvalue weighted by Gasteiger charge is 2.21. The van der Waals surface area contributed by atoms with Crippen molar-refractivity contribution in [2.45, 2.75) is 23.6 Å². The van der Waals surface area contributed by atoms with Gasteiger partial charge in [0.2, 0.25) is 10.0 Å². The molecule has 2 aromatic rings. The topological polar surface area (TPSA) is 69.6 Å². The number of para-hydroxylation sites is 1. The van der Waals surface area contributed by atoms with Gasteiger partial charge in [0.25, 0.3) is 0 Å². The lowest BCUT2D eigenvalue weighted by molar-refractivity contribution is 0.203. The summed E-state index contributed by atoms with van der Waals surface area (Å²) >= 11 is 1.22. The van der Waals surface area contributed by atoms with Crippen LogP contribution < -0.4 is 9.62 Å². The van der Waals surface area contributed by atoms with Crippen LogP contribution in [-0.4, -0.2) is 33.2 Å². The number of rotatable bonds is 6. The Morgan fingerprint density at radius 2 is 1.92 bits per heavy atom. The van der Waals surface area contributed by atoms with Crippen molar-refractivity contribution >= 4 is 27.0 Å². The van der Waals surface area contributed by atoms with Crippen LogP contribution in [0.1, 0.15) is 18.4 Å². The van der Waals surface area contributed by atoms with E-state index in [4.69, 9.17) is 0 Å². The number of aliphatic hydroxyl groups excluding tert-OH is 1. The number of thiophene rings is 1. The highest BCUT2D eigenvalue weighted by molar-refractivity contribution is 7.91. The van der Waals surface area contributed by atoms with Crippen LogP contribution >= 0.6 is 11.3 Å². The number of nitrogens with zero attached hydrogens (tertiary/aromatic N) is 1. The zero-order chi connectivity index (χ0) is 17.0. The molecule has 1 aliphatic heterocycles. The third-order valence-corrected chi connectivity index (χ3v) is 7.22. The Labute approximate surface area is 147 Å². The summed E-state index contributed by atoms with van der Waals surface area (Å²) in [7, 11) is -3.46. The van der Waals surface area contributed by atoms with Crippen molar-refractivity contribution in [3.8, 4) is 0 Å². The van der Waals surface area contributed by atoms with Gasteiger partial charge in [-0.1, -0.05) is 24.3 Å². The Kier molecular flexibility index (Phi) is 5.55. The molecule has 130 valence electrons. The summed E-state index contributed by atoms with van der Waals surface area (Å²) in [5.41, 5.74) is 2.04. The molecular formula is C17H22N2O3S2. The zero-order valence-corrected chi connectivity index (χ0v) is 15.0. The van der Waals surface area contributed by atoms with Crippen molar-refractivity contribution in [1.82, 2.24) is 4.72 Å². The van der Waals surface area contributed by atoms with E-state index in [9.17, 15) is 13.5 Å². The molecule has 0 bridgehead atoms. The molecule has 2 heterocycles. The van der Waals surface area contributed by atoms with Crippen LogP contribution in [0.15, 0.2) is 46.0 Å². The number of piperidine rings is 1. The van der Waals surface area contributed by atoms with Crippen molar-refractivity contribution in [3.05, 3.63) is 47.3 Å². The first-order valence-corrected chi connectivity index (χ1v) is 10.4. The first-order chi connectivity index (χ1) is 11.6. The molecule has 0 atom stereocenters. The molecule has 0 aliphatic carbocycles. The average molecular weight is 367 g/mol. The molecule has 2 N–H and O–H groups in total. The fourth-order valence-corrected chi connectivity index (χ4v) is 5.03. The van der Waals surface area contributed by atoms with Crippen LogP contribution in [0.3, 0.4) is 0 Å². The van der Waals surface area contributed by atoms with Crippen LogP contribution in [0, 0.1) is 5.92 Å². The predicted octanol–water partition coefficient (Wildman–Crippen LogP) is 2.44. The van der Waals surface area contributed by atoms with E-state index in [2.05, 4.69) is 9.62 Å². The molecule has 1 saturated heterocycles. The number of hydrogen-bond donors (Lipinski definition) is 2. The summed E-state index contributed by atoms with van der Waals surface area (Å²) in [6.07, 6.45) is 1.93. The highest BCUT2D eigenvalue weighted by Crippen LogP contribution is 2.26. The Morgan fingerprint density at radius 1 is 1.17 bits per heavy atom. The first-order valence-electron chi connectivity index (χ1n) is 8.07. The maximum atomic E-state index is 12.3. The molecule has 24 heavy (non-hydrogen) atoms. The fraction of sp³-hybridized carbons (Fsp3) is 0.412. The lowest BCUT2D eigenvalue weighted by Crippen LogP contribution is -2.35. The molecule has 1 fully saturated rings. The third-order valence-electron chi connectivity index (χ3n) is 4.42. The second-order valence-electron chi connectivity index (χ2n) is 6.00. The van der Waals surface area contributed by atoms with Gasteiger partial charge in [-0.2, -0.15) is 0 Å². The van der Waals surface area contributed by atoms with E-state index in [1.165, 1.54) is 11.3 Å². The smallest absolute Gasteiger partial charge is 0.250 e. The molecular weight excluding hydrogens is 344 g/mol. The van der Waals surface area contributed by atoms with Crippen molar-refractivity contribution < 1.29 is 13.5 Å². The van der Waals surface area contributed by atoms with E-state index in [1.807, 2.05) is 24.3 Å². The van der Waals surface area contributed by atoms with Gasteiger partial charge in [0.15, 0.2) is 0 Å². The van der Waals surface area contributed by atoms with Crippen LogP contribution in [-0.2, 0) is 16.6 Å². The molecule has 0 amide bonds. The lowest BCUT2D eigenvalue weighted by atomic mass is 9.97. The van der Waals surface area contributed by atoms with E-state index in [-0.39, 0.29) is 13.2 Å². The molecule has 1 aromatic carbocycles. The summed E-state index contributed by atoms with van der Waals surface area (Å²) in [4.78, 5) is 2.28. The van der Waals surface area contributed by atoms with Gasteiger partial charge < -0.3 is 10.0 Å². The van der Waals surface area contributed by atoms with Crippen molar-refractivity contribution in [2.75, 3.05) is 24.6 Å². The lowest BCUT2D eigenvalue weighted by Gasteiger charge is -2.34. The average Bonchev–Trinajstić information content (AvgIpc) is 3.16. The number of hydrogen-bond acceptors (Lipinski definition) is 5. The summed E-state index contributed by atoms with van der Waals surface area (Å²) in [5, 5.41) is 11.0. The van der Waals surface area contributed by atoms with Crippen LogP contribution in [0.2, 0.25) is 0 Å². The van der Waals surface area contributed by atoms with Gasteiger partial charge in [-0.3, -0.25) is 0 Å². The first kappa shape index (κ1) is 17.4. The van der Waals surface area contributed by atoms with Gasteiger partial charge in [0.1, 0.15) is 4.21 Å². The number of anilines is 1. The Bertz CT molecular complexity index is 752. The van der Waals surface area contributed by atoms with E-state index in [1.54, 1.807) is 17.5 Å². The largest absolute Gasteiger partial charge is 0.396 e. The van der Waals surface area contributed by atoms with E-state index >= 15 is 0 Å². The molecule has 5 nitrogen and oxygen atoms in total. The predicted molar refractivity (Wildman–Crippen MR) is 96.8 cm³/mol. The summed E-state index contributed by atoms with van der Waals surface area (Å²) in [6, 6.07) is 11.2. The maximum absolute atomic E-state index is 12.3. The van der Waals surface area contributed by atoms with E-state index in [0.717, 1.165) is 37.2 Å². The quantitative estimate of drug-likeness (QED) is 0.824. The Morgan fingerprint density at radius 3 is 2.58 bits per heavy atom.